The van der Waals surface area contributed by atoms with Gasteiger partial charge in [0.15, 0.2) is 6.61 Å². The molecule has 0 unspecified atom stereocenters. The van der Waals surface area contributed by atoms with Gasteiger partial charge in [0.05, 0.1) is 13.2 Å². The second-order valence-corrected chi connectivity index (χ2v) is 3.88. The second-order valence-electron chi connectivity index (χ2n) is 3.88. The van der Waals surface area contributed by atoms with Gasteiger partial charge in [0.2, 0.25) is 11.7 Å². The lowest BCUT2D eigenvalue weighted by Gasteiger charge is -2.01. The molecule has 1 heterocycles. The summed E-state index contributed by atoms with van der Waals surface area (Å²) >= 11 is 0. The normalized spacial score (nSPS) is 10.6. The van der Waals surface area contributed by atoms with Crippen LogP contribution in [-0.4, -0.2) is 30.4 Å². The van der Waals surface area contributed by atoms with Gasteiger partial charge in [-0.15, -0.1) is 0 Å². The fourth-order valence-corrected chi connectivity index (χ4v) is 1.45. The summed E-state index contributed by atoms with van der Waals surface area (Å²) in [7, 11) is 1.66. The molecule has 0 bridgehead atoms. The predicted octanol–water partition coefficient (Wildman–Crippen LogP) is 1.38. The number of rotatable bonds is 8. The molecule has 0 aliphatic rings. The van der Waals surface area contributed by atoms with E-state index in [1.54, 1.807) is 7.11 Å². The first-order chi connectivity index (χ1) is 9.38. The minimum absolute atomic E-state index is 0.297. The molecule has 6 heteroatoms. The minimum Gasteiger partial charge on any atom is -0.485 e. The Balaban J connectivity index is 1.74. The van der Waals surface area contributed by atoms with Gasteiger partial charge in [-0.1, -0.05) is 23.4 Å². The van der Waals surface area contributed by atoms with Crippen LogP contribution in [0.5, 0.6) is 5.75 Å². The van der Waals surface area contributed by atoms with Crippen LogP contribution in [0.15, 0.2) is 34.9 Å². The maximum atomic E-state index is 5.52. The summed E-state index contributed by atoms with van der Waals surface area (Å²) in [6.07, 6.45) is 0. The Labute approximate surface area is 111 Å². The first-order valence-corrected chi connectivity index (χ1v) is 6.07. The molecule has 102 valence electrons. The largest absolute Gasteiger partial charge is 0.485 e. The molecule has 0 aliphatic carbocycles. The van der Waals surface area contributed by atoms with Crippen molar-refractivity contribution in [3.05, 3.63) is 42.0 Å². The zero-order valence-electron chi connectivity index (χ0n) is 10.8. The number of para-hydroxylation sites is 1. The lowest BCUT2D eigenvalue weighted by atomic mass is 10.3. The summed E-state index contributed by atoms with van der Waals surface area (Å²) in [5.41, 5.74) is 0. The number of aromatic nitrogens is 2. The molecule has 0 saturated carbocycles. The number of methoxy groups -OCH3 is 1. The molecule has 0 saturated heterocycles. The zero-order chi connectivity index (χ0) is 13.3. The van der Waals surface area contributed by atoms with Crippen molar-refractivity contribution in [3.63, 3.8) is 0 Å². The Bertz CT molecular complexity index is 473. The SMILES string of the molecule is COCCNCc1nc(COc2ccccc2)no1. The van der Waals surface area contributed by atoms with Crippen LogP contribution in [0.1, 0.15) is 11.7 Å². The zero-order valence-corrected chi connectivity index (χ0v) is 10.8. The summed E-state index contributed by atoms with van der Waals surface area (Å²) < 4.78 is 15.5. The summed E-state index contributed by atoms with van der Waals surface area (Å²) in [6.45, 7) is 2.22. The first-order valence-electron chi connectivity index (χ1n) is 6.07. The van der Waals surface area contributed by atoms with Crippen LogP contribution in [0, 0.1) is 0 Å². The maximum Gasteiger partial charge on any atom is 0.240 e. The van der Waals surface area contributed by atoms with Gasteiger partial charge in [-0.25, -0.2) is 0 Å². The molecule has 0 atom stereocenters. The molecule has 0 spiro atoms. The smallest absolute Gasteiger partial charge is 0.240 e. The molecule has 2 aromatic rings. The van der Waals surface area contributed by atoms with E-state index in [4.69, 9.17) is 14.0 Å². The number of ether oxygens (including phenoxy) is 2. The van der Waals surface area contributed by atoms with Gasteiger partial charge < -0.3 is 19.3 Å². The van der Waals surface area contributed by atoms with E-state index in [0.717, 1.165) is 12.3 Å². The van der Waals surface area contributed by atoms with Crippen molar-refractivity contribution in [1.82, 2.24) is 15.5 Å². The van der Waals surface area contributed by atoms with Gasteiger partial charge in [0, 0.05) is 13.7 Å². The van der Waals surface area contributed by atoms with Crippen molar-refractivity contribution in [2.75, 3.05) is 20.3 Å². The summed E-state index contributed by atoms with van der Waals surface area (Å²) in [5.74, 6) is 1.86. The standard InChI is InChI=1S/C13H17N3O3/c1-17-8-7-14-9-13-15-12(16-19-13)10-18-11-5-3-2-4-6-11/h2-6,14H,7-10H2,1H3. The van der Waals surface area contributed by atoms with Crippen LogP contribution in [0.4, 0.5) is 0 Å². The van der Waals surface area contributed by atoms with Crippen LogP contribution in [0.3, 0.4) is 0 Å². The fraction of sp³-hybridized carbons (Fsp3) is 0.385. The van der Waals surface area contributed by atoms with Crippen molar-refractivity contribution in [2.45, 2.75) is 13.2 Å². The van der Waals surface area contributed by atoms with Crippen LogP contribution in [0.25, 0.3) is 0 Å². The first kappa shape index (κ1) is 13.5. The quantitative estimate of drug-likeness (QED) is 0.726. The van der Waals surface area contributed by atoms with Crippen molar-refractivity contribution in [2.24, 2.45) is 0 Å². The van der Waals surface area contributed by atoms with E-state index in [9.17, 15) is 0 Å². The second kappa shape index (κ2) is 7.50. The lowest BCUT2D eigenvalue weighted by Crippen LogP contribution is -2.18. The third-order valence-electron chi connectivity index (χ3n) is 2.38. The highest BCUT2D eigenvalue weighted by Crippen LogP contribution is 2.10. The number of benzene rings is 1. The van der Waals surface area contributed by atoms with Gasteiger partial charge >= 0.3 is 0 Å². The van der Waals surface area contributed by atoms with Gasteiger partial charge in [-0.3, -0.25) is 0 Å². The number of nitrogens with zero attached hydrogens (tertiary/aromatic N) is 2. The Morgan fingerprint density at radius 2 is 2.11 bits per heavy atom. The highest BCUT2D eigenvalue weighted by Gasteiger charge is 2.06. The molecule has 1 aromatic carbocycles. The third kappa shape index (κ3) is 4.69. The molecule has 19 heavy (non-hydrogen) atoms. The summed E-state index contributed by atoms with van der Waals surface area (Å²) in [4.78, 5) is 4.22. The van der Waals surface area contributed by atoms with Crippen LogP contribution < -0.4 is 10.1 Å². The molecule has 0 fully saturated rings. The van der Waals surface area contributed by atoms with Gasteiger partial charge in [-0.05, 0) is 12.1 Å². The molecule has 1 N–H and O–H groups in total. The average Bonchev–Trinajstić information content (AvgIpc) is 2.91. The van der Waals surface area contributed by atoms with Crippen molar-refractivity contribution < 1.29 is 14.0 Å². The van der Waals surface area contributed by atoms with E-state index in [-0.39, 0.29) is 0 Å². The molecule has 0 amide bonds. The fourth-order valence-electron chi connectivity index (χ4n) is 1.45. The number of hydrogen-bond donors (Lipinski definition) is 1. The molecular weight excluding hydrogens is 246 g/mol. The van der Waals surface area contributed by atoms with E-state index < -0.39 is 0 Å². The van der Waals surface area contributed by atoms with E-state index in [1.807, 2.05) is 30.3 Å². The molecule has 0 aliphatic heterocycles. The highest BCUT2D eigenvalue weighted by atomic mass is 16.5. The number of hydrogen-bond acceptors (Lipinski definition) is 6. The molecule has 1 aromatic heterocycles. The highest BCUT2D eigenvalue weighted by molar-refractivity contribution is 5.20. The maximum absolute atomic E-state index is 5.52. The third-order valence-corrected chi connectivity index (χ3v) is 2.38. The number of nitrogens with one attached hydrogen (secondary N) is 1. The van der Waals surface area contributed by atoms with Crippen LogP contribution in [0.2, 0.25) is 0 Å². The average molecular weight is 263 g/mol. The van der Waals surface area contributed by atoms with Crippen LogP contribution in [-0.2, 0) is 17.9 Å². The van der Waals surface area contributed by atoms with E-state index in [2.05, 4.69) is 15.5 Å². The lowest BCUT2D eigenvalue weighted by molar-refractivity contribution is 0.197. The van der Waals surface area contributed by atoms with E-state index in [0.29, 0.717) is 31.5 Å². The Morgan fingerprint density at radius 3 is 2.89 bits per heavy atom. The molecule has 6 nitrogen and oxygen atoms in total. The molecule has 0 radical (unpaired) electrons. The monoisotopic (exact) mass is 263 g/mol. The van der Waals surface area contributed by atoms with Gasteiger partial charge in [0.25, 0.3) is 0 Å². The Kier molecular flexibility index (Phi) is 5.33. The van der Waals surface area contributed by atoms with E-state index in [1.165, 1.54) is 0 Å². The van der Waals surface area contributed by atoms with Crippen molar-refractivity contribution in [1.29, 1.82) is 0 Å². The Hall–Kier alpha value is -1.92. The Morgan fingerprint density at radius 1 is 1.26 bits per heavy atom. The van der Waals surface area contributed by atoms with Crippen molar-refractivity contribution >= 4 is 0 Å². The van der Waals surface area contributed by atoms with Gasteiger partial charge in [-0.2, -0.15) is 4.98 Å². The summed E-state index contributed by atoms with van der Waals surface area (Å²) in [6, 6.07) is 9.53. The molecular formula is C13H17N3O3. The molecule has 2 rings (SSSR count). The van der Waals surface area contributed by atoms with Crippen molar-refractivity contribution in [3.8, 4) is 5.75 Å². The minimum atomic E-state index is 0.297. The van der Waals surface area contributed by atoms with Gasteiger partial charge in [0.1, 0.15) is 5.75 Å². The van der Waals surface area contributed by atoms with Crippen LogP contribution >= 0.6 is 0 Å². The van der Waals surface area contributed by atoms with E-state index >= 15 is 0 Å². The predicted molar refractivity (Wildman–Crippen MR) is 68.7 cm³/mol. The summed E-state index contributed by atoms with van der Waals surface area (Å²) in [5, 5.41) is 6.98. The topological polar surface area (TPSA) is 69.4 Å².